The van der Waals surface area contributed by atoms with Crippen LogP contribution in [0.3, 0.4) is 0 Å². The Kier molecular flexibility index (Phi) is 4.97. The summed E-state index contributed by atoms with van der Waals surface area (Å²) >= 11 is 0. The molecule has 1 unspecified atom stereocenters. The molecule has 0 aromatic rings. The summed E-state index contributed by atoms with van der Waals surface area (Å²) < 4.78 is 18.7. The van der Waals surface area contributed by atoms with Gasteiger partial charge in [0.2, 0.25) is 0 Å². The average molecular weight is 485 g/mol. The number of fused-ring (bicyclic) bond motifs is 5. The molecular formula is C28H36O7. The van der Waals surface area contributed by atoms with Crippen LogP contribution < -0.4 is 0 Å². The van der Waals surface area contributed by atoms with Gasteiger partial charge in [0, 0.05) is 30.3 Å². The summed E-state index contributed by atoms with van der Waals surface area (Å²) in [5.74, 6) is -2.34. The maximum Gasteiger partial charge on any atom is 0.334 e. The normalized spacial score (nSPS) is 51.1. The number of aliphatic hydroxyl groups excluding tert-OH is 1. The Labute approximate surface area is 206 Å². The summed E-state index contributed by atoms with van der Waals surface area (Å²) in [6.45, 7) is 7.62. The minimum absolute atomic E-state index is 0.0820. The highest BCUT2D eigenvalue weighted by molar-refractivity contribution is 5.98. The molecule has 2 N–H and O–H groups in total. The lowest BCUT2D eigenvalue weighted by molar-refractivity contribution is -0.346. The number of allylic oxidation sites excluding steroid dienone is 4. The van der Waals surface area contributed by atoms with Crippen molar-refractivity contribution < 1.29 is 34.0 Å². The first-order valence-electron chi connectivity index (χ1n) is 13.0. The third kappa shape index (κ3) is 2.93. The lowest BCUT2D eigenvalue weighted by Gasteiger charge is -2.53. The van der Waals surface area contributed by atoms with E-state index in [1.165, 1.54) is 0 Å². The van der Waals surface area contributed by atoms with Gasteiger partial charge in [0.05, 0.1) is 5.41 Å². The van der Waals surface area contributed by atoms with Gasteiger partial charge >= 0.3 is 5.97 Å². The van der Waals surface area contributed by atoms with Gasteiger partial charge in [0.25, 0.3) is 0 Å². The summed E-state index contributed by atoms with van der Waals surface area (Å²) in [6.07, 6.45) is 7.90. The molecule has 0 aromatic heterocycles. The van der Waals surface area contributed by atoms with Crippen LogP contribution in [0.25, 0.3) is 0 Å². The number of aliphatic hydroxyl groups is 2. The zero-order valence-electron chi connectivity index (χ0n) is 21.0. The number of rotatable bonds is 1. The quantitative estimate of drug-likeness (QED) is 0.434. The maximum absolute atomic E-state index is 13.2. The van der Waals surface area contributed by atoms with Crippen LogP contribution in [0.4, 0.5) is 0 Å². The SMILES string of the molecule is CC1=C(C)C(=O)O[C@@H]([C@]2(C)OC(O)[C@@]34CC[C@H]5[C@@H](CC=C6CC=CC(=O)[C@@]65C)[C@](O)(CC[C@H]23)O4)C1. The molecule has 1 spiro atoms. The molecule has 190 valence electrons. The highest BCUT2D eigenvalue weighted by Crippen LogP contribution is 2.64. The molecule has 3 fully saturated rings. The van der Waals surface area contributed by atoms with Crippen LogP contribution in [0.5, 0.6) is 0 Å². The molecular weight excluding hydrogens is 448 g/mol. The van der Waals surface area contributed by atoms with Crippen molar-refractivity contribution in [1.82, 2.24) is 0 Å². The molecule has 4 aliphatic heterocycles. The van der Waals surface area contributed by atoms with Crippen molar-refractivity contribution in [3.05, 3.63) is 34.9 Å². The first-order chi connectivity index (χ1) is 16.5. The van der Waals surface area contributed by atoms with Gasteiger partial charge in [0.15, 0.2) is 17.9 Å². The van der Waals surface area contributed by atoms with Crippen LogP contribution in [0.1, 0.15) is 72.6 Å². The first-order valence-corrected chi connectivity index (χ1v) is 13.0. The van der Waals surface area contributed by atoms with Gasteiger partial charge in [-0.1, -0.05) is 23.3 Å². The van der Waals surface area contributed by atoms with Gasteiger partial charge in [-0.3, -0.25) is 4.79 Å². The van der Waals surface area contributed by atoms with Crippen molar-refractivity contribution in [3.8, 4) is 0 Å². The van der Waals surface area contributed by atoms with Crippen LogP contribution in [0.2, 0.25) is 0 Å². The second-order valence-electron chi connectivity index (χ2n) is 12.0. The second-order valence-corrected chi connectivity index (χ2v) is 12.0. The summed E-state index contributed by atoms with van der Waals surface area (Å²) in [5.41, 5.74) is -0.0488. The molecule has 3 saturated heterocycles. The zero-order chi connectivity index (χ0) is 25.0. The Balaban J connectivity index is 1.38. The number of ether oxygens (including phenoxy) is 3. The Morgan fingerprint density at radius 3 is 2.60 bits per heavy atom. The van der Waals surface area contributed by atoms with Crippen molar-refractivity contribution in [2.75, 3.05) is 0 Å². The van der Waals surface area contributed by atoms with E-state index in [0.717, 1.165) is 17.6 Å². The van der Waals surface area contributed by atoms with Gasteiger partial charge in [0.1, 0.15) is 17.3 Å². The molecule has 0 saturated carbocycles. The van der Waals surface area contributed by atoms with E-state index in [1.807, 2.05) is 26.8 Å². The molecule has 2 aliphatic carbocycles. The minimum atomic E-state index is -1.46. The molecule has 2 bridgehead atoms. The van der Waals surface area contributed by atoms with E-state index in [1.54, 1.807) is 13.0 Å². The number of esters is 1. The van der Waals surface area contributed by atoms with Crippen molar-refractivity contribution >= 4 is 11.8 Å². The average Bonchev–Trinajstić information content (AvgIpc) is 2.96. The van der Waals surface area contributed by atoms with E-state index in [0.29, 0.717) is 44.1 Å². The highest BCUT2D eigenvalue weighted by Gasteiger charge is 2.72. The van der Waals surface area contributed by atoms with Crippen molar-refractivity contribution in [3.63, 3.8) is 0 Å². The predicted molar refractivity (Wildman–Crippen MR) is 126 cm³/mol. The fourth-order valence-corrected chi connectivity index (χ4v) is 8.32. The summed E-state index contributed by atoms with van der Waals surface area (Å²) in [7, 11) is 0. The van der Waals surface area contributed by atoms with Crippen LogP contribution >= 0.6 is 0 Å². The van der Waals surface area contributed by atoms with Gasteiger partial charge < -0.3 is 24.4 Å². The molecule has 4 heterocycles. The Hall–Kier alpha value is -1.80. The summed E-state index contributed by atoms with van der Waals surface area (Å²) in [5, 5.41) is 23.4. The topological polar surface area (TPSA) is 102 Å². The molecule has 6 aliphatic rings. The largest absolute Gasteiger partial charge is 0.456 e. The first kappa shape index (κ1) is 23.6. The highest BCUT2D eigenvalue weighted by atomic mass is 16.7. The molecule has 7 heteroatoms. The molecule has 0 aromatic carbocycles. The minimum Gasteiger partial charge on any atom is -0.456 e. The fraction of sp³-hybridized carbons (Fsp3) is 0.714. The summed E-state index contributed by atoms with van der Waals surface area (Å²) in [4.78, 5) is 25.8. The molecule has 0 amide bonds. The predicted octanol–water partition coefficient (Wildman–Crippen LogP) is 3.49. The third-order valence-corrected chi connectivity index (χ3v) is 10.6. The van der Waals surface area contributed by atoms with Gasteiger partial charge in [-0.15, -0.1) is 0 Å². The molecule has 6 rings (SSSR count). The number of carbonyl (C=O) groups is 2. The lowest BCUT2D eigenvalue weighted by atomic mass is 9.55. The van der Waals surface area contributed by atoms with Gasteiger partial charge in [-0.2, -0.15) is 0 Å². The van der Waals surface area contributed by atoms with E-state index in [-0.39, 0.29) is 29.5 Å². The Morgan fingerprint density at radius 2 is 1.86 bits per heavy atom. The second kappa shape index (κ2) is 7.37. The maximum atomic E-state index is 13.2. The van der Waals surface area contributed by atoms with Gasteiger partial charge in [-0.25, -0.2) is 4.79 Å². The van der Waals surface area contributed by atoms with E-state index in [4.69, 9.17) is 14.2 Å². The fourth-order valence-electron chi connectivity index (χ4n) is 8.32. The lowest BCUT2D eigenvalue weighted by Crippen LogP contribution is -2.62. The van der Waals surface area contributed by atoms with E-state index >= 15 is 0 Å². The molecule has 9 atom stereocenters. The standard InChI is InChI=1S/C28H36O7/c1-15-14-22(33-23(30)16(15)2)26(4)20-11-13-28(32)19-9-8-17-6-5-7-21(29)25(17,3)18(19)10-12-27(20,35-28)24(31)34-26/h5,7-8,18-20,22,24,31-32H,6,9-14H2,1-4H3/t18-,19+,20+,22+,24?,25-,26+,27+,28-/m0/s1. The number of hydrogen-bond acceptors (Lipinski definition) is 7. The smallest absolute Gasteiger partial charge is 0.334 e. The number of cyclic esters (lactones) is 1. The Morgan fingerprint density at radius 1 is 1.09 bits per heavy atom. The van der Waals surface area contributed by atoms with E-state index < -0.39 is 34.8 Å². The van der Waals surface area contributed by atoms with Crippen molar-refractivity contribution in [2.45, 2.75) is 102 Å². The van der Waals surface area contributed by atoms with Crippen molar-refractivity contribution in [1.29, 1.82) is 0 Å². The zero-order valence-corrected chi connectivity index (χ0v) is 21.0. The Bertz CT molecular complexity index is 1090. The molecule has 0 radical (unpaired) electrons. The molecule has 35 heavy (non-hydrogen) atoms. The third-order valence-electron chi connectivity index (χ3n) is 10.6. The molecule has 7 nitrogen and oxygen atoms in total. The van der Waals surface area contributed by atoms with Gasteiger partial charge in [-0.05, 0) is 71.8 Å². The van der Waals surface area contributed by atoms with Crippen LogP contribution in [0, 0.1) is 23.2 Å². The van der Waals surface area contributed by atoms with Crippen LogP contribution in [-0.4, -0.2) is 51.3 Å². The summed E-state index contributed by atoms with van der Waals surface area (Å²) in [6, 6.07) is 0. The van der Waals surface area contributed by atoms with Crippen molar-refractivity contribution in [2.24, 2.45) is 23.2 Å². The van der Waals surface area contributed by atoms with Crippen LogP contribution in [0.15, 0.2) is 34.9 Å². The van der Waals surface area contributed by atoms with E-state index in [9.17, 15) is 19.8 Å². The number of ketones is 1. The number of hydrogen-bond donors (Lipinski definition) is 2. The number of carbonyl (C=O) groups excluding carboxylic acids is 2. The van der Waals surface area contributed by atoms with Crippen LogP contribution in [-0.2, 0) is 23.8 Å². The van der Waals surface area contributed by atoms with E-state index in [2.05, 4.69) is 6.08 Å². The monoisotopic (exact) mass is 484 g/mol.